The number of Topliss-reactive ketones (excluding diaryl/α,β-unsaturated/α-hetero) is 1. The molecule has 29 heavy (non-hydrogen) atoms. The van der Waals surface area contributed by atoms with Crippen LogP contribution in [0.25, 0.3) is 0 Å². The van der Waals surface area contributed by atoms with Gasteiger partial charge in [-0.3, -0.25) is 9.59 Å². The van der Waals surface area contributed by atoms with Gasteiger partial charge in [0.1, 0.15) is 12.5 Å². The van der Waals surface area contributed by atoms with Gasteiger partial charge < -0.3 is 10.1 Å². The van der Waals surface area contributed by atoms with Crippen LogP contribution in [0, 0.1) is 9.49 Å². The highest BCUT2D eigenvalue weighted by atomic mass is 127. The molecule has 1 N–H and O–H groups in total. The lowest BCUT2D eigenvalue weighted by molar-refractivity contribution is -0.149. The number of carbonyl (C=O) groups excluding carboxylic acids is 2. The molecular weight excluding hydrogens is 477 g/mol. The zero-order valence-electron chi connectivity index (χ0n) is 16.0. The molecule has 0 fully saturated rings. The summed E-state index contributed by atoms with van der Waals surface area (Å²) in [5.74, 6) is -1.27. The molecule has 4 nitrogen and oxygen atoms in total. The lowest BCUT2D eigenvalue weighted by Crippen LogP contribution is -2.41. The molecule has 0 radical (unpaired) electrons. The Balaban J connectivity index is 1.71. The summed E-state index contributed by atoms with van der Waals surface area (Å²) in [4.78, 5) is 26.1. The molecule has 0 spiro atoms. The normalized spacial score (nSPS) is 21.4. The largest absolute Gasteiger partial charge is 0.460 e. The van der Waals surface area contributed by atoms with E-state index in [9.17, 15) is 9.59 Å². The molecule has 2 unspecified atom stereocenters. The minimum absolute atomic E-state index is 0.108. The van der Waals surface area contributed by atoms with Gasteiger partial charge >= 0.3 is 5.97 Å². The fourth-order valence-corrected chi connectivity index (χ4v) is 4.88. The van der Waals surface area contributed by atoms with Crippen LogP contribution >= 0.6 is 22.6 Å². The van der Waals surface area contributed by atoms with Crippen molar-refractivity contribution >= 4 is 34.3 Å². The van der Waals surface area contributed by atoms with Crippen LogP contribution in [0.3, 0.4) is 0 Å². The summed E-state index contributed by atoms with van der Waals surface area (Å²) in [5, 5.41) is 3.26. The highest BCUT2D eigenvalue weighted by Crippen LogP contribution is 2.45. The van der Waals surface area contributed by atoms with Crippen LogP contribution < -0.4 is 5.32 Å². The standard InChI is InChI=1S/C24H22INO3/c1-15-21(24(28)29-14-16-8-3-2-4-9-16)22(17-10-5-6-11-18(17)25)23-19(26-15)12-7-13-20(23)27/h2-6,8-11,21-22,26H,1,7,12-14H2. The van der Waals surface area contributed by atoms with Gasteiger partial charge in [-0.15, -0.1) is 0 Å². The smallest absolute Gasteiger partial charge is 0.316 e. The summed E-state index contributed by atoms with van der Waals surface area (Å²) in [6.07, 6.45) is 2.13. The van der Waals surface area contributed by atoms with E-state index in [4.69, 9.17) is 4.74 Å². The molecule has 5 heteroatoms. The molecule has 4 rings (SSSR count). The van der Waals surface area contributed by atoms with Crippen molar-refractivity contribution in [3.63, 3.8) is 0 Å². The Morgan fingerprint density at radius 2 is 1.83 bits per heavy atom. The summed E-state index contributed by atoms with van der Waals surface area (Å²) < 4.78 is 6.69. The Labute approximate surface area is 184 Å². The molecule has 0 bridgehead atoms. The van der Waals surface area contributed by atoms with Crippen molar-refractivity contribution in [2.45, 2.75) is 31.8 Å². The van der Waals surface area contributed by atoms with Crippen molar-refractivity contribution < 1.29 is 14.3 Å². The van der Waals surface area contributed by atoms with Crippen molar-refractivity contribution in [3.8, 4) is 0 Å². The lowest BCUT2D eigenvalue weighted by atomic mass is 9.71. The summed E-state index contributed by atoms with van der Waals surface area (Å²) in [7, 11) is 0. The average Bonchev–Trinajstić information content (AvgIpc) is 2.72. The first-order valence-electron chi connectivity index (χ1n) is 9.73. The quantitative estimate of drug-likeness (QED) is 0.483. The average molecular weight is 499 g/mol. The van der Waals surface area contributed by atoms with Gasteiger partial charge in [0.2, 0.25) is 0 Å². The number of ether oxygens (including phenoxy) is 1. The molecule has 0 saturated heterocycles. The molecule has 1 heterocycles. The van der Waals surface area contributed by atoms with Crippen molar-refractivity contribution in [2.75, 3.05) is 0 Å². The van der Waals surface area contributed by atoms with E-state index in [0.717, 1.165) is 38.8 Å². The van der Waals surface area contributed by atoms with E-state index >= 15 is 0 Å². The highest BCUT2D eigenvalue weighted by molar-refractivity contribution is 14.1. The zero-order valence-corrected chi connectivity index (χ0v) is 18.1. The van der Waals surface area contributed by atoms with Crippen molar-refractivity contribution in [1.82, 2.24) is 5.32 Å². The SMILES string of the molecule is C=C1NC2=C(C(=O)CCC2)C(c2ccccc2I)C1C(=O)OCc1ccccc1. The topological polar surface area (TPSA) is 55.4 Å². The van der Waals surface area contributed by atoms with E-state index in [1.807, 2.05) is 54.6 Å². The number of allylic oxidation sites excluding steroid dienone is 2. The molecule has 148 valence electrons. The second-order valence-electron chi connectivity index (χ2n) is 7.39. The fourth-order valence-electron chi connectivity index (χ4n) is 4.15. The number of benzene rings is 2. The number of hydrogen-bond donors (Lipinski definition) is 1. The van der Waals surface area contributed by atoms with Gasteiger partial charge in [0.05, 0.1) is 0 Å². The molecule has 0 aromatic heterocycles. The maximum atomic E-state index is 13.2. The van der Waals surface area contributed by atoms with Gasteiger partial charge in [0.15, 0.2) is 5.78 Å². The van der Waals surface area contributed by atoms with Gasteiger partial charge in [0, 0.05) is 32.9 Å². The highest BCUT2D eigenvalue weighted by Gasteiger charge is 2.44. The minimum atomic E-state index is -0.643. The summed E-state index contributed by atoms with van der Waals surface area (Å²) >= 11 is 2.27. The fraction of sp³-hybridized carbons (Fsp3) is 0.250. The number of esters is 1. The minimum Gasteiger partial charge on any atom is -0.460 e. The number of halogens is 1. The van der Waals surface area contributed by atoms with E-state index in [1.54, 1.807) is 0 Å². The molecular formula is C24H22INO3. The molecule has 1 aliphatic heterocycles. The Morgan fingerprint density at radius 3 is 2.59 bits per heavy atom. The third-order valence-electron chi connectivity index (χ3n) is 5.51. The van der Waals surface area contributed by atoms with Crippen molar-refractivity contribution in [1.29, 1.82) is 0 Å². The van der Waals surface area contributed by atoms with Crippen LogP contribution in [0.4, 0.5) is 0 Å². The van der Waals surface area contributed by atoms with Crippen LogP contribution in [0.2, 0.25) is 0 Å². The van der Waals surface area contributed by atoms with Gasteiger partial charge in [0.25, 0.3) is 0 Å². The summed E-state index contributed by atoms with van der Waals surface area (Å²) in [6.45, 7) is 4.33. The number of nitrogens with one attached hydrogen (secondary N) is 1. The molecule has 2 aliphatic rings. The molecule has 1 aliphatic carbocycles. The third-order valence-corrected chi connectivity index (χ3v) is 6.49. The van der Waals surface area contributed by atoms with E-state index in [0.29, 0.717) is 12.1 Å². The lowest BCUT2D eigenvalue weighted by Gasteiger charge is -2.38. The second-order valence-corrected chi connectivity index (χ2v) is 8.55. The Morgan fingerprint density at radius 1 is 1.10 bits per heavy atom. The maximum Gasteiger partial charge on any atom is 0.316 e. The number of ketones is 1. The van der Waals surface area contributed by atoms with Crippen LogP contribution in [0.15, 0.2) is 78.1 Å². The van der Waals surface area contributed by atoms with Gasteiger partial charge in [-0.05, 0) is 52.6 Å². The molecule has 0 saturated carbocycles. The second kappa shape index (κ2) is 8.53. The van der Waals surface area contributed by atoms with Crippen molar-refractivity contribution in [3.05, 3.63) is 92.8 Å². The molecule has 2 aromatic rings. The Bertz CT molecular complexity index is 996. The van der Waals surface area contributed by atoms with Gasteiger partial charge in [-0.2, -0.15) is 0 Å². The number of carbonyl (C=O) groups is 2. The van der Waals surface area contributed by atoms with E-state index in [1.165, 1.54) is 0 Å². The summed E-state index contributed by atoms with van der Waals surface area (Å²) in [5.41, 5.74) is 4.12. The van der Waals surface area contributed by atoms with Gasteiger partial charge in [-0.1, -0.05) is 55.1 Å². The first-order chi connectivity index (χ1) is 14.1. The van der Waals surface area contributed by atoms with Crippen LogP contribution in [0.5, 0.6) is 0 Å². The number of hydrogen-bond acceptors (Lipinski definition) is 4. The number of rotatable bonds is 4. The molecule has 2 aromatic carbocycles. The summed E-state index contributed by atoms with van der Waals surface area (Å²) in [6, 6.07) is 17.5. The first kappa shape index (κ1) is 19.9. The first-order valence-corrected chi connectivity index (χ1v) is 10.8. The Kier molecular flexibility index (Phi) is 5.85. The van der Waals surface area contributed by atoms with Crippen molar-refractivity contribution in [2.24, 2.45) is 5.92 Å². The van der Waals surface area contributed by atoms with Gasteiger partial charge in [-0.25, -0.2) is 0 Å². The van der Waals surface area contributed by atoms with E-state index in [-0.39, 0.29) is 24.3 Å². The molecule has 0 amide bonds. The van der Waals surface area contributed by atoms with Crippen LogP contribution in [0.1, 0.15) is 36.3 Å². The Hall–Kier alpha value is -2.41. The predicted molar refractivity (Wildman–Crippen MR) is 120 cm³/mol. The monoisotopic (exact) mass is 499 g/mol. The molecule has 2 atom stereocenters. The third kappa shape index (κ3) is 4.01. The zero-order chi connectivity index (χ0) is 20.4. The van der Waals surface area contributed by atoms with E-state index in [2.05, 4.69) is 34.5 Å². The maximum absolute atomic E-state index is 13.2. The van der Waals surface area contributed by atoms with Crippen LogP contribution in [-0.4, -0.2) is 11.8 Å². The predicted octanol–water partition coefficient (Wildman–Crippen LogP) is 4.86. The van der Waals surface area contributed by atoms with E-state index < -0.39 is 5.92 Å². The van der Waals surface area contributed by atoms with Crippen LogP contribution in [-0.2, 0) is 20.9 Å².